The third-order valence-electron chi connectivity index (χ3n) is 2.65. The largest absolute Gasteiger partial charge is 0.465 e. The first-order valence-electron chi connectivity index (χ1n) is 4.36. The van der Waals surface area contributed by atoms with Crippen LogP contribution in [0.25, 0.3) is 0 Å². The number of nitrogens with one attached hydrogen (secondary N) is 1. The van der Waals surface area contributed by atoms with Crippen molar-refractivity contribution in [3.8, 4) is 0 Å². The van der Waals surface area contributed by atoms with Crippen LogP contribution in [-0.2, 0) is 4.74 Å². The molecule has 1 spiro atoms. The lowest BCUT2D eigenvalue weighted by Gasteiger charge is -2.40. The summed E-state index contributed by atoms with van der Waals surface area (Å²) in [7, 11) is 0. The maximum absolute atomic E-state index is 5.48. The Labute approximate surface area is 76.6 Å². The van der Waals surface area contributed by atoms with Crippen LogP contribution in [0.2, 0.25) is 0 Å². The molecule has 13 heavy (non-hydrogen) atoms. The third kappa shape index (κ3) is 0.736. The van der Waals surface area contributed by atoms with Gasteiger partial charge in [0, 0.05) is 12.6 Å². The standard InChI is InChI=1S/C10H10N2O/c1-2-4-10-5-6-11-12(10)7-8-13-9(10)3-1/h1-3,5-8,11H,4H2. The molecule has 0 amide bonds. The first-order valence-corrected chi connectivity index (χ1v) is 4.36. The highest BCUT2D eigenvalue weighted by atomic mass is 16.5. The minimum atomic E-state index is -0.108. The zero-order valence-electron chi connectivity index (χ0n) is 7.10. The van der Waals surface area contributed by atoms with Crippen LogP contribution in [0.4, 0.5) is 0 Å². The molecule has 0 saturated heterocycles. The first-order chi connectivity index (χ1) is 6.42. The van der Waals surface area contributed by atoms with Crippen LogP contribution < -0.4 is 5.43 Å². The maximum Gasteiger partial charge on any atom is 0.141 e. The molecule has 3 heteroatoms. The van der Waals surface area contributed by atoms with E-state index >= 15 is 0 Å². The minimum absolute atomic E-state index is 0.108. The molecule has 0 radical (unpaired) electrons. The summed E-state index contributed by atoms with van der Waals surface area (Å²) in [6.45, 7) is 0. The molecule has 2 heterocycles. The molecule has 0 aromatic heterocycles. The highest BCUT2D eigenvalue weighted by Gasteiger charge is 2.43. The van der Waals surface area contributed by atoms with Crippen molar-refractivity contribution in [1.29, 1.82) is 0 Å². The molecule has 1 aliphatic carbocycles. The average Bonchev–Trinajstić information content (AvgIpc) is 2.58. The van der Waals surface area contributed by atoms with Crippen LogP contribution in [0, 0.1) is 0 Å². The Hall–Kier alpha value is -1.64. The van der Waals surface area contributed by atoms with Crippen LogP contribution in [0.15, 0.2) is 48.7 Å². The topological polar surface area (TPSA) is 24.5 Å². The number of rotatable bonds is 0. The quantitative estimate of drug-likeness (QED) is 0.600. The van der Waals surface area contributed by atoms with Gasteiger partial charge in [-0.1, -0.05) is 12.2 Å². The zero-order chi connectivity index (χ0) is 8.73. The smallest absolute Gasteiger partial charge is 0.141 e. The molecule has 66 valence electrons. The lowest BCUT2D eigenvalue weighted by atomic mass is 9.88. The molecule has 0 aromatic carbocycles. The molecule has 0 saturated carbocycles. The summed E-state index contributed by atoms with van der Waals surface area (Å²) in [6.07, 6.45) is 14.8. The molecule has 3 aliphatic rings. The van der Waals surface area contributed by atoms with Crippen LogP contribution in [-0.4, -0.2) is 10.5 Å². The summed E-state index contributed by atoms with van der Waals surface area (Å²) in [4.78, 5) is 0. The molecule has 2 aliphatic heterocycles. The SMILES string of the molecule is C1=CCC23C=CNN2C=COC3=C1. The van der Waals surface area contributed by atoms with Gasteiger partial charge in [-0.2, -0.15) is 0 Å². The van der Waals surface area contributed by atoms with E-state index in [9.17, 15) is 0 Å². The van der Waals surface area contributed by atoms with E-state index in [1.165, 1.54) is 0 Å². The number of hydrazine groups is 1. The maximum atomic E-state index is 5.48. The zero-order valence-corrected chi connectivity index (χ0v) is 7.10. The number of hydrogen-bond acceptors (Lipinski definition) is 3. The lowest BCUT2D eigenvalue weighted by molar-refractivity contribution is 0.114. The molecule has 0 fully saturated rings. The second-order valence-electron chi connectivity index (χ2n) is 3.32. The van der Waals surface area contributed by atoms with Crippen molar-refractivity contribution < 1.29 is 4.74 Å². The summed E-state index contributed by atoms with van der Waals surface area (Å²) in [5.41, 5.74) is 3.05. The van der Waals surface area contributed by atoms with E-state index < -0.39 is 0 Å². The molecule has 3 nitrogen and oxygen atoms in total. The van der Waals surface area contributed by atoms with Gasteiger partial charge in [-0.25, -0.2) is 0 Å². The predicted molar refractivity (Wildman–Crippen MR) is 48.9 cm³/mol. The van der Waals surface area contributed by atoms with Gasteiger partial charge in [0.15, 0.2) is 0 Å². The van der Waals surface area contributed by atoms with Gasteiger partial charge in [0.2, 0.25) is 0 Å². The molecular formula is C10H10N2O. The van der Waals surface area contributed by atoms with Crippen LogP contribution >= 0.6 is 0 Å². The highest BCUT2D eigenvalue weighted by molar-refractivity contribution is 5.37. The summed E-state index contributed by atoms with van der Waals surface area (Å²) >= 11 is 0. The molecule has 0 bridgehead atoms. The normalized spacial score (nSPS) is 33.2. The van der Waals surface area contributed by atoms with Crippen LogP contribution in [0.3, 0.4) is 0 Å². The van der Waals surface area contributed by atoms with Gasteiger partial charge in [-0.15, -0.1) is 0 Å². The Bertz CT molecular complexity index is 354. The fraction of sp³-hybridized carbons (Fsp3) is 0.200. The van der Waals surface area contributed by atoms with Crippen molar-refractivity contribution in [2.75, 3.05) is 0 Å². The highest BCUT2D eigenvalue weighted by Crippen LogP contribution is 2.38. The van der Waals surface area contributed by atoms with Crippen molar-refractivity contribution in [3.05, 3.63) is 48.7 Å². The second-order valence-corrected chi connectivity index (χ2v) is 3.32. The van der Waals surface area contributed by atoms with E-state index in [2.05, 4.69) is 22.6 Å². The van der Waals surface area contributed by atoms with Gasteiger partial charge in [0.1, 0.15) is 17.6 Å². The van der Waals surface area contributed by atoms with E-state index in [-0.39, 0.29) is 5.54 Å². The Morgan fingerprint density at radius 3 is 3.54 bits per heavy atom. The molecule has 0 aromatic rings. The summed E-state index contributed by atoms with van der Waals surface area (Å²) in [5, 5.41) is 2.06. The Morgan fingerprint density at radius 2 is 2.54 bits per heavy atom. The predicted octanol–water partition coefficient (Wildman–Crippen LogP) is 1.40. The fourth-order valence-electron chi connectivity index (χ4n) is 1.95. The minimum Gasteiger partial charge on any atom is -0.465 e. The van der Waals surface area contributed by atoms with Gasteiger partial charge in [-0.3, -0.25) is 5.01 Å². The molecule has 1 atom stereocenters. The van der Waals surface area contributed by atoms with Crippen molar-refractivity contribution in [3.63, 3.8) is 0 Å². The van der Waals surface area contributed by atoms with Gasteiger partial charge in [0.05, 0.1) is 6.20 Å². The number of allylic oxidation sites excluding steroid dienone is 2. The van der Waals surface area contributed by atoms with Gasteiger partial charge < -0.3 is 10.2 Å². The number of nitrogens with zero attached hydrogens (tertiary/aromatic N) is 1. The van der Waals surface area contributed by atoms with Crippen molar-refractivity contribution >= 4 is 0 Å². The van der Waals surface area contributed by atoms with Gasteiger partial charge in [0.25, 0.3) is 0 Å². The van der Waals surface area contributed by atoms with Gasteiger partial charge in [-0.05, 0) is 12.2 Å². The van der Waals surface area contributed by atoms with E-state index in [0.717, 1.165) is 12.2 Å². The third-order valence-corrected chi connectivity index (χ3v) is 2.65. The van der Waals surface area contributed by atoms with Crippen LogP contribution in [0.1, 0.15) is 6.42 Å². The van der Waals surface area contributed by atoms with Crippen LogP contribution in [0.5, 0.6) is 0 Å². The summed E-state index contributed by atoms with van der Waals surface area (Å²) in [6, 6.07) is 0. The van der Waals surface area contributed by atoms with Crippen molar-refractivity contribution in [2.24, 2.45) is 0 Å². The van der Waals surface area contributed by atoms with E-state index in [1.807, 2.05) is 24.6 Å². The molecule has 3 rings (SSSR count). The molecule has 1 N–H and O–H groups in total. The second kappa shape index (κ2) is 2.19. The number of ether oxygens (including phenoxy) is 1. The first kappa shape index (κ1) is 6.83. The van der Waals surface area contributed by atoms with E-state index in [4.69, 9.17) is 4.74 Å². The lowest BCUT2D eigenvalue weighted by Crippen LogP contribution is -2.49. The summed E-state index contributed by atoms with van der Waals surface area (Å²) < 4.78 is 5.48. The molecular weight excluding hydrogens is 164 g/mol. The van der Waals surface area contributed by atoms with Crippen molar-refractivity contribution in [1.82, 2.24) is 10.4 Å². The Balaban J connectivity index is 2.14. The van der Waals surface area contributed by atoms with E-state index in [1.54, 1.807) is 6.26 Å². The van der Waals surface area contributed by atoms with E-state index in [0.29, 0.717) is 0 Å². The summed E-state index contributed by atoms with van der Waals surface area (Å²) in [5.74, 6) is 0.985. The number of hydrogen-bond donors (Lipinski definition) is 1. The molecule has 1 unspecified atom stereocenters. The monoisotopic (exact) mass is 174 g/mol. The Morgan fingerprint density at radius 1 is 1.54 bits per heavy atom. The van der Waals surface area contributed by atoms with Gasteiger partial charge >= 0.3 is 0 Å². The fourth-order valence-corrected chi connectivity index (χ4v) is 1.95. The average molecular weight is 174 g/mol. The Kier molecular flexibility index (Phi) is 1.15. The van der Waals surface area contributed by atoms with Crippen molar-refractivity contribution in [2.45, 2.75) is 12.0 Å².